The first kappa shape index (κ1) is 17.7. The zero-order valence-electron chi connectivity index (χ0n) is 14.2. The van der Waals surface area contributed by atoms with E-state index in [-0.39, 0.29) is 11.4 Å². The summed E-state index contributed by atoms with van der Waals surface area (Å²) in [6.45, 7) is 3.86. The van der Waals surface area contributed by atoms with Gasteiger partial charge >= 0.3 is 0 Å². The normalized spacial score (nSPS) is 11.6. The lowest BCUT2D eigenvalue weighted by Crippen LogP contribution is -2.23. The Hall–Kier alpha value is -2.09. The summed E-state index contributed by atoms with van der Waals surface area (Å²) in [6.07, 6.45) is 0. The van der Waals surface area contributed by atoms with Crippen molar-refractivity contribution in [1.29, 1.82) is 0 Å². The van der Waals surface area contributed by atoms with Crippen molar-refractivity contribution in [3.8, 4) is 16.4 Å². The number of furan rings is 1. The lowest BCUT2D eigenvalue weighted by Gasteiger charge is -2.12. The first-order chi connectivity index (χ1) is 11.9. The van der Waals surface area contributed by atoms with Crippen molar-refractivity contribution >= 4 is 21.4 Å². The Morgan fingerprint density at radius 3 is 2.60 bits per heavy atom. The number of rotatable bonds is 6. The lowest BCUT2D eigenvalue weighted by atomic mass is 10.1. The van der Waals surface area contributed by atoms with Gasteiger partial charge in [-0.25, -0.2) is 13.1 Å². The van der Waals surface area contributed by atoms with Crippen molar-refractivity contribution in [3.05, 3.63) is 58.7 Å². The van der Waals surface area contributed by atoms with Crippen LogP contribution < -0.4 is 9.46 Å². The summed E-state index contributed by atoms with van der Waals surface area (Å²) in [5.41, 5.74) is 1.86. The maximum absolute atomic E-state index is 12.7. The Balaban J connectivity index is 1.80. The molecule has 132 valence electrons. The summed E-state index contributed by atoms with van der Waals surface area (Å²) >= 11 is 1.57. The molecule has 0 aliphatic heterocycles. The molecule has 0 saturated heterocycles. The molecule has 3 aromatic rings. The van der Waals surface area contributed by atoms with Gasteiger partial charge in [0.25, 0.3) is 0 Å². The van der Waals surface area contributed by atoms with Gasteiger partial charge in [0.05, 0.1) is 18.5 Å². The van der Waals surface area contributed by atoms with E-state index in [1.807, 2.05) is 37.4 Å². The predicted octanol–water partition coefficient (Wildman–Crippen LogP) is 4.11. The van der Waals surface area contributed by atoms with Crippen molar-refractivity contribution in [1.82, 2.24) is 4.72 Å². The van der Waals surface area contributed by atoms with E-state index in [4.69, 9.17) is 9.15 Å². The quantitative estimate of drug-likeness (QED) is 0.702. The Morgan fingerprint density at radius 2 is 1.92 bits per heavy atom. The second kappa shape index (κ2) is 7.03. The third-order valence-corrected chi connectivity index (χ3v) is 6.24. The molecule has 25 heavy (non-hydrogen) atoms. The number of hydrogen-bond acceptors (Lipinski definition) is 5. The molecular weight excluding hydrogens is 358 g/mol. The number of thiophene rings is 1. The first-order valence-electron chi connectivity index (χ1n) is 7.68. The Labute approximate surface area is 151 Å². The van der Waals surface area contributed by atoms with Crippen LogP contribution in [0.4, 0.5) is 0 Å². The van der Waals surface area contributed by atoms with Crippen LogP contribution in [0.2, 0.25) is 0 Å². The average molecular weight is 377 g/mol. The fraction of sp³-hybridized carbons (Fsp3) is 0.222. The molecule has 0 amide bonds. The SMILES string of the molecule is COc1cc(C)c(C)cc1S(=O)(=O)NCc1ccc(-c2cccs2)o1. The minimum absolute atomic E-state index is 0.0732. The van der Waals surface area contributed by atoms with Crippen molar-refractivity contribution in [2.24, 2.45) is 0 Å². The summed E-state index contributed by atoms with van der Waals surface area (Å²) < 4.78 is 38.8. The highest BCUT2D eigenvalue weighted by atomic mass is 32.2. The van der Waals surface area contributed by atoms with E-state index in [1.54, 1.807) is 29.5 Å². The molecule has 5 nitrogen and oxygen atoms in total. The number of nitrogens with one attached hydrogen (secondary N) is 1. The molecule has 0 aliphatic rings. The van der Waals surface area contributed by atoms with Crippen molar-refractivity contribution in [2.45, 2.75) is 25.3 Å². The largest absolute Gasteiger partial charge is 0.495 e. The molecule has 2 heterocycles. The summed E-state index contributed by atoms with van der Waals surface area (Å²) in [6, 6.07) is 10.9. The average Bonchev–Trinajstić information content (AvgIpc) is 3.26. The van der Waals surface area contributed by atoms with Crippen LogP contribution in [0.1, 0.15) is 16.9 Å². The second-order valence-electron chi connectivity index (χ2n) is 5.66. The molecule has 0 radical (unpaired) electrons. The van der Waals surface area contributed by atoms with E-state index in [1.165, 1.54) is 7.11 Å². The van der Waals surface area contributed by atoms with Crippen LogP contribution in [0, 0.1) is 13.8 Å². The van der Waals surface area contributed by atoms with Crippen molar-refractivity contribution < 1.29 is 17.6 Å². The highest BCUT2D eigenvalue weighted by Crippen LogP contribution is 2.28. The topological polar surface area (TPSA) is 68.5 Å². The lowest BCUT2D eigenvalue weighted by molar-refractivity contribution is 0.401. The smallest absolute Gasteiger partial charge is 0.244 e. The van der Waals surface area contributed by atoms with Gasteiger partial charge in [0.2, 0.25) is 10.0 Å². The van der Waals surface area contributed by atoms with E-state index < -0.39 is 10.0 Å². The summed E-state index contributed by atoms with van der Waals surface area (Å²) in [4.78, 5) is 1.13. The van der Waals surface area contributed by atoms with E-state index in [9.17, 15) is 8.42 Å². The van der Waals surface area contributed by atoms with Crippen LogP contribution in [0.3, 0.4) is 0 Å². The van der Waals surface area contributed by atoms with Crippen LogP contribution in [-0.2, 0) is 16.6 Å². The van der Waals surface area contributed by atoms with Crippen molar-refractivity contribution in [2.75, 3.05) is 7.11 Å². The number of methoxy groups -OCH3 is 1. The highest BCUT2D eigenvalue weighted by molar-refractivity contribution is 7.89. The van der Waals surface area contributed by atoms with E-state index in [0.717, 1.165) is 21.8 Å². The number of hydrogen-bond donors (Lipinski definition) is 1. The number of aryl methyl sites for hydroxylation is 2. The van der Waals surface area contributed by atoms with Crippen LogP contribution in [-0.4, -0.2) is 15.5 Å². The van der Waals surface area contributed by atoms with Gasteiger partial charge in [0, 0.05) is 0 Å². The maximum atomic E-state index is 12.7. The van der Waals surface area contributed by atoms with Gasteiger partial charge in [-0.15, -0.1) is 11.3 Å². The number of benzene rings is 1. The summed E-state index contributed by atoms with van der Waals surface area (Å²) in [5, 5.41) is 1.96. The molecule has 0 aliphatic carbocycles. The van der Waals surface area contributed by atoms with Crippen molar-refractivity contribution in [3.63, 3.8) is 0 Å². The molecule has 2 aromatic heterocycles. The van der Waals surface area contributed by atoms with Gasteiger partial charge in [0.1, 0.15) is 22.2 Å². The molecule has 1 aromatic carbocycles. The number of ether oxygens (including phenoxy) is 1. The monoisotopic (exact) mass is 377 g/mol. The van der Waals surface area contributed by atoms with E-state index >= 15 is 0 Å². The van der Waals surface area contributed by atoms with E-state index in [0.29, 0.717) is 11.5 Å². The fourth-order valence-electron chi connectivity index (χ4n) is 2.40. The van der Waals surface area contributed by atoms with Gasteiger partial charge < -0.3 is 9.15 Å². The molecule has 3 rings (SSSR count). The molecule has 0 spiro atoms. The van der Waals surface area contributed by atoms with Gasteiger partial charge in [-0.2, -0.15) is 0 Å². The van der Waals surface area contributed by atoms with Gasteiger partial charge in [-0.05, 0) is 60.7 Å². The standard InChI is InChI=1S/C18H19NO4S2/c1-12-9-16(22-3)18(10-13(12)2)25(20,21)19-11-14-6-7-15(23-14)17-5-4-8-24-17/h4-10,19H,11H2,1-3H3. The highest BCUT2D eigenvalue weighted by Gasteiger charge is 2.21. The Kier molecular flexibility index (Phi) is 4.99. The number of sulfonamides is 1. The molecule has 0 bridgehead atoms. The molecule has 7 heteroatoms. The molecule has 0 unspecified atom stereocenters. The van der Waals surface area contributed by atoms with Crippen LogP contribution in [0.25, 0.3) is 10.6 Å². The molecule has 0 fully saturated rings. The van der Waals surface area contributed by atoms with E-state index in [2.05, 4.69) is 4.72 Å². The zero-order valence-corrected chi connectivity index (χ0v) is 15.8. The third-order valence-electron chi connectivity index (χ3n) is 3.93. The molecular formula is C18H19NO4S2. The Morgan fingerprint density at radius 1 is 1.16 bits per heavy atom. The minimum Gasteiger partial charge on any atom is -0.495 e. The maximum Gasteiger partial charge on any atom is 0.244 e. The van der Waals surface area contributed by atoms with Crippen LogP contribution in [0.5, 0.6) is 5.75 Å². The molecule has 1 N–H and O–H groups in total. The first-order valence-corrected chi connectivity index (χ1v) is 10.0. The van der Waals surface area contributed by atoms with Gasteiger partial charge in [-0.1, -0.05) is 6.07 Å². The minimum atomic E-state index is -3.72. The van der Waals surface area contributed by atoms with Gasteiger partial charge in [-0.3, -0.25) is 0 Å². The molecule has 0 atom stereocenters. The fourth-order valence-corrected chi connectivity index (χ4v) is 4.31. The Bertz CT molecular complexity index is 973. The third kappa shape index (κ3) is 3.78. The summed E-state index contributed by atoms with van der Waals surface area (Å²) in [5.74, 6) is 1.61. The second-order valence-corrected chi connectivity index (χ2v) is 8.34. The zero-order chi connectivity index (χ0) is 18.0. The van der Waals surface area contributed by atoms with Crippen LogP contribution in [0.15, 0.2) is 51.1 Å². The molecule has 0 saturated carbocycles. The van der Waals surface area contributed by atoms with Crippen LogP contribution >= 0.6 is 11.3 Å². The summed E-state index contributed by atoms with van der Waals surface area (Å²) in [7, 11) is -2.26. The van der Waals surface area contributed by atoms with Gasteiger partial charge in [0.15, 0.2) is 0 Å². The predicted molar refractivity (Wildman–Crippen MR) is 98.5 cm³/mol.